The second-order valence-electron chi connectivity index (χ2n) is 4.83. The minimum Gasteiger partial charge on any atom is -0.388 e. The van der Waals surface area contributed by atoms with Gasteiger partial charge in [-0.3, -0.25) is 0 Å². The summed E-state index contributed by atoms with van der Waals surface area (Å²) in [5.41, 5.74) is 8.92. The van der Waals surface area contributed by atoms with Crippen LogP contribution in [0.4, 0.5) is 0 Å². The molecule has 0 saturated carbocycles. The van der Waals surface area contributed by atoms with Gasteiger partial charge in [0.1, 0.15) is 0 Å². The van der Waals surface area contributed by atoms with Gasteiger partial charge in [0.15, 0.2) is 0 Å². The molecular formula is C16H17Br2NO. The fraction of sp³-hybridized carbons (Fsp3) is 0.250. The third-order valence-electron chi connectivity index (χ3n) is 3.41. The maximum absolute atomic E-state index is 10.7. The van der Waals surface area contributed by atoms with E-state index in [2.05, 4.69) is 31.9 Å². The highest BCUT2D eigenvalue weighted by atomic mass is 79.9. The van der Waals surface area contributed by atoms with Crippen molar-refractivity contribution in [1.29, 1.82) is 0 Å². The summed E-state index contributed by atoms with van der Waals surface area (Å²) in [4.78, 5) is 0. The van der Waals surface area contributed by atoms with Crippen LogP contribution in [0.3, 0.4) is 0 Å². The molecule has 20 heavy (non-hydrogen) atoms. The predicted molar refractivity (Wildman–Crippen MR) is 89.8 cm³/mol. The van der Waals surface area contributed by atoms with Gasteiger partial charge >= 0.3 is 0 Å². The molecule has 2 nitrogen and oxygen atoms in total. The Kier molecular flexibility index (Phi) is 5.38. The molecule has 2 unspecified atom stereocenters. The molecule has 2 atom stereocenters. The highest BCUT2D eigenvalue weighted by Gasteiger charge is 2.24. The monoisotopic (exact) mass is 397 g/mol. The molecule has 3 N–H and O–H groups in total. The van der Waals surface area contributed by atoms with Crippen molar-refractivity contribution < 1.29 is 5.11 Å². The number of aryl methyl sites for hydroxylation is 1. The summed E-state index contributed by atoms with van der Waals surface area (Å²) in [5.74, 6) is -0.149. The number of aliphatic hydroxyl groups is 1. The molecule has 0 bridgehead atoms. The molecule has 2 aromatic carbocycles. The Morgan fingerprint density at radius 3 is 2.35 bits per heavy atom. The van der Waals surface area contributed by atoms with E-state index in [9.17, 15) is 5.11 Å². The van der Waals surface area contributed by atoms with Crippen molar-refractivity contribution in [1.82, 2.24) is 0 Å². The van der Waals surface area contributed by atoms with E-state index in [0.29, 0.717) is 6.54 Å². The summed E-state index contributed by atoms with van der Waals surface area (Å²) in [5, 5.41) is 10.7. The normalized spacial score (nSPS) is 14.1. The van der Waals surface area contributed by atoms with Crippen molar-refractivity contribution >= 4 is 31.9 Å². The van der Waals surface area contributed by atoms with Crippen LogP contribution in [0.1, 0.15) is 28.7 Å². The molecule has 4 heteroatoms. The first-order valence-corrected chi connectivity index (χ1v) is 8.01. The molecule has 106 valence electrons. The molecule has 0 amide bonds. The smallest absolute Gasteiger partial charge is 0.0882 e. The fourth-order valence-electron chi connectivity index (χ4n) is 2.31. The van der Waals surface area contributed by atoms with E-state index in [0.717, 1.165) is 25.6 Å². The van der Waals surface area contributed by atoms with Crippen molar-refractivity contribution in [3.63, 3.8) is 0 Å². The van der Waals surface area contributed by atoms with Gasteiger partial charge in [0.05, 0.1) is 6.10 Å². The molecule has 0 aliphatic carbocycles. The predicted octanol–water partition coefficient (Wildman–Crippen LogP) is 4.30. The SMILES string of the molecule is Cc1ccc(Br)c(C(O)C(CN)c2ccccc2Br)c1. The summed E-state index contributed by atoms with van der Waals surface area (Å²) in [7, 11) is 0. The maximum Gasteiger partial charge on any atom is 0.0882 e. The average Bonchev–Trinajstić information content (AvgIpc) is 2.44. The van der Waals surface area contributed by atoms with E-state index in [1.165, 1.54) is 0 Å². The van der Waals surface area contributed by atoms with Crippen LogP contribution in [0.15, 0.2) is 51.4 Å². The summed E-state index contributed by atoms with van der Waals surface area (Å²) >= 11 is 7.04. The van der Waals surface area contributed by atoms with Crippen molar-refractivity contribution in [3.8, 4) is 0 Å². The quantitative estimate of drug-likeness (QED) is 0.806. The summed E-state index contributed by atoms with van der Waals surface area (Å²) in [6.45, 7) is 2.39. The van der Waals surface area contributed by atoms with Gasteiger partial charge < -0.3 is 10.8 Å². The molecule has 0 radical (unpaired) electrons. The Morgan fingerprint density at radius 2 is 1.70 bits per heavy atom. The first-order valence-electron chi connectivity index (χ1n) is 6.43. The number of hydrogen-bond donors (Lipinski definition) is 2. The average molecular weight is 399 g/mol. The standard InChI is InChI=1S/C16H17Br2NO/c1-10-6-7-15(18)12(8-10)16(20)13(9-19)11-4-2-3-5-14(11)17/h2-8,13,16,20H,9,19H2,1H3. The van der Waals surface area contributed by atoms with Gasteiger partial charge in [-0.05, 0) is 30.2 Å². The van der Waals surface area contributed by atoms with Gasteiger partial charge in [-0.2, -0.15) is 0 Å². The Balaban J connectivity index is 2.41. The van der Waals surface area contributed by atoms with Crippen LogP contribution in [-0.2, 0) is 0 Å². The third kappa shape index (κ3) is 3.31. The zero-order chi connectivity index (χ0) is 14.7. The van der Waals surface area contributed by atoms with Crippen LogP contribution in [-0.4, -0.2) is 11.7 Å². The zero-order valence-corrected chi connectivity index (χ0v) is 14.4. The fourth-order valence-corrected chi connectivity index (χ4v) is 3.37. The van der Waals surface area contributed by atoms with E-state index < -0.39 is 6.10 Å². The Morgan fingerprint density at radius 1 is 1.05 bits per heavy atom. The molecule has 0 spiro atoms. The third-order valence-corrected chi connectivity index (χ3v) is 4.85. The lowest BCUT2D eigenvalue weighted by Gasteiger charge is -2.24. The molecule has 0 aliphatic rings. The van der Waals surface area contributed by atoms with Gasteiger partial charge in [-0.15, -0.1) is 0 Å². The van der Waals surface area contributed by atoms with Crippen LogP contribution < -0.4 is 5.73 Å². The largest absolute Gasteiger partial charge is 0.388 e. The van der Waals surface area contributed by atoms with Crippen LogP contribution in [0.5, 0.6) is 0 Å². The van der Waals surface area contributed by atoms with E-state index in [-0.39, 0.29) is 5.92 Å². The summed E-state index contributed by atoms with van der Waals surface area (Å²) < 4.78 is 1.87. The van der Waals surface area contributed by atoms with Gasteiger partial charge in [0, 0.05) is 21.4 Å². The van der Waals surface area contributed by atoms with Gasteiger partial charge in [-0.1, -0.05) is 67.8 Å². The molecule has 0 saturated heterocycles. The summed E-state index contributed by atoms with van der Waals surface area (Å²) in [6, 6.07) is 13.8. The number of benzene rings is 2. The Hall–Kier alpha value is -0.680. The van der Waals surface area contributed by atoms with E-state index in [1.807, 2.05) is 49.4 Å². The van der Waals surface area contributed by atoms with Crippen molar-refractivity contribution in [3.05, 3.63) is 68.1 Å². The molecule has 0 fully saturated rings. The Labute approximate surface area is 136 Å². The van der Waals surface area contributed by atoms with Crippen molar-refractivity contribution in [2.24, 2.45) is 5.73 Å². The molecule has 2 aromatic rings. The van der Waals surface area contributed by atoms with Crippen molar-refractivity contribution in [2.45, 2.75) is 18.9 Å². The minimum absolute atomic E-state index is 0.149. The number of hydrogen-bond acceptors (Lipinski definition) is 2. The second-order valence-corrected chi connectivity index (χ2v) is 6.54. The second kappa shape index (κ2) is 6.85. The Bertz CT molecular complexity index is 601. The molecule has 2 rings (SSSR count). The minimum atomic E-state index is -0.645. The lowest BCUT2D eigenvalue weighted by molar-refractivity contribution is 0.146. The highest BCUT2D eigenvalue weighted by molar-refractivity contribution is 9.10. The van der Waals surface area contributed by atoms with E-state index in [4.69, 9.17) is 5.73 Å². The number of aliphatic hydroxyl groups excluding tert-OH is 1. The zero-order valence-electron chi connectivity index (χ0n) is 11.2. The van der Waals surface area contributed by atoms with Crippen LogP contribution in [0, 0.1) is 6.92 Å². The number of rotatable bonds is 4. The molecule has 0 aromatic heterocycles. The van der Waals surface area contributed by atoms with Crippen LogP contribution in [0.25, 0.3) is 0 Å². The molecule has 0 heterocycles. The van der Waals surface area contributed by atoms with Crippen LogP contribution in [0.2, 0.25) is 0 Å². The molecular weight excluding hydrogens is 382 g/mol. The number of halogens is 2. The lowest BCUT2D eigenvalue weighted by atomic mass is 9.89. The first-order chi connectivity index (χ1) is 9.54. The topological polar surface area (TPSA) is 46.2 Å². The van der Waals surface area contributed by atoms with Gasteiger partial charge in [0.25, 0.3) is 0 Å². The van der Waals surface area contributed by atoms with Crippen molar-refractivity contribution in [2.75, 3.05) is 6.54 Å². The van der Waals surface area contributed by atoms with Crippen LogP contribution >= 0.6 is 31.9 Å². The van der Waals surface area contributed by atoms with E-state index >= 15 is 0 Å². The molecule has 0 aliphatic heterocycles. The summed E-state index contributed by atoms with van der Waals surface area (Å²) in [6.07, 6.45) is -0.645. The number of nitrogens with two attached hydrogens (primary N) is 1. The van der Waals surface area contributed by atoms with Gasteiger partial charge in [-0.25, -0.2) is 0 Å². The maximum atomic E-state index is 10.7. The highest BCUT2D eigenvalue weighted by Crippen LogP contribution is 2.37. The first kappa shape index (κ1) is 15.7. The van der Waals surface area contributed by atoms with E-state index in [1.54, 1.807) is 0 Å². The lowest BCUT2D eigenvalue weighted by Crippen LogP contribution is -2.21. The van der Waals surface area contributed by atoms with Gasteiger partial charge in [0.2, 0.25) is 0 Å².